The van der Waals surface area contributed by atoms with Crippen LogP contribution in [0.1, 0.15) is 17.2 Å². The van der Waals surface area contributed by atoms with E-state index >= 15 is 0 Å². The molecule has 3 rings (SSSR count). The highest BCUT2D eigenvalue weighted by Gasteiger charge is 2.23. The van der Waals surface area contributed by atoms with Crippen LogP contribution in [0.5, 0.6) is 11.5 Å². The second-order valence-corrected chi connectivity index (χ2v) is 5.24. The number of ether oxygens (including phenoxy) is 1. The van der Waals surface area contributed by atoms with Crippen molar-refractivity contribution in [2.75, 3.05) is 7.11 Å². The number of aromatic hydroxyl groups is 1. The molecule has 24 heavy (non-hydrogen) atoms. The first-order chi connectivity index (χ1) is 11.5. The molecule has 7 nitrogen and oxygen atoms in total. The van der Waals surface area contributed by atoms with Gasteiger partial charge in [0.15, 0.2) is 0 Å². The van der Waals surface area contributed by atoms with Crippen LogP contribution in [-0.2, 0) is 0 Å². The van der Waals surface area contributed by atoms with E-state index in [9.17, 15) is 15.2 Å². The van der Waals surface area contributed by atoms with E-state index in [0.29, 0.717) is 11.3 Å². The minimum absolute atomic E-state index is 0.144. The lowest BCUT2D eigenvalue weighted by atomic mass is 9.96. The Morgan fingerprint density at radius 3 is 2.62 bits per heavy atom. The monoisotopic (exact) mass is 325 g/mol. The largest absolute Gasteiger partial charge is 0.505 e. The lowest BCUT2D eigenvalue weighted by molar-refractivity contribution is -0.383. The van der Waals surface area contributed by atoms with Crippen LogP contribution in [0.2, 0.25) is 0 Å². The SMILES string of the molecule is COc1ccc(C(N)c2cc([N+](=O)[O-])c3cccnc3c2O)cc1. The van der Waals surface area contributed by atoms with Crippen molar-refractivity contribution in [3.8, 4) is 11.5 Å². The number of non-ortho nitro benzene ring substituents is 1. The maximum atomic E-state index is 11.4. The molecule has 0 aliphatic heterocycles. The van der Waals surface area contributed by atoms with Crippen molar-refractivity contribution < 1.29 is 14.8 Å². The third-order valence-electron chi connectivity index (χ3n) is 3.88. The van der Waals surface area contributed by atoms with Crippen molar-refractivity contribution in [2.24, 2.45) is 5.73 Å². The summed E-state index contributed by atoms with van der Waals surface area (Å²) in [5, 5.41) is 22.1. The van der Waals surface area contributed by atoms with Crippen LogP contribution in [0.3, 0.4) is 0 Å². The number of methoxy groups -OCH3 is 1. The zero-order valence-electron chi connectivity index (χ0n) is 12.8. The Kier molecular flexibility index (Phi) is 4.01. The van der Waals surface area contributed by atoms with Crippen LogP contribution < -0.4 is 10.5 Å². The average molecular weight is 325 g/mol. The predicted octanol–water partition coefficient (Wildman–Crippen LogP) is 2.91. The van der Waals surface area contributed by atoms with Gasteiger partial charge in [-0.1, -0.05) is 12.1 Å². The number of nitro groups is 1. The quantitative estimate of drug-likeness (QED) is 0.563. The van der Waals surface area contributed by atoms with Gasteiger partial charge >= 0.3 is 0 Å². The van der Waals surface area contributed by atoms with E-state index in [4.69, 9.17) is 10.5 Å². The van der Waals surface area contributed by atoms with Gasteiger partial charge in [0.25, 0.3) is 5.69 Å². The van der Waals surface area contributed by atoms with Gasteiger partial charge < -0.3 is 15.6 Å². The summed E-state index contributed by atoms with van der Waals surface area (Å²) >= 11 is 0. The first-order valence-electron chi connectivity index (χ1n) is 7.17. The molecule has 122 valence electrons. The first kappa shape index (κ1) is 15.7. The van der Waals surface area contributed by atoms with E-state index in [-0.39, 0.29) is 27.9 Å². The van der Waals surface area contributed by atoms with Crippen molar-refractivity contribution in [1.82, 2.24) is 4.98 Å². The number of phenols is 1. The number of pyridine rings is 1. The number of nitrogens with zero attached hydrogens (tertiary/aromatic N) is 2. The number of rotatable bonds is 4. The molecular formula is C17H15N3O4. The van der Waals surface area contributed by atoms with Crippen molar-refractivity contribution in [2.45, 2.75) is 6.04 Å². The van der Waals surface area contributed by atoms with E-state index in [1.54, 1.807) is 43.5 Å². The molecule has 7 heteroatoms. The zero-order valence-corrected chi connectivity index (χ0v) is 12.8. The standard InChI is InChI=1S/C17H15N3O4/c1-24-11-6-4-10(5-7-11)15(18)13-9-14(20(22)23)12-3-2-8-19-16(12)17(13)21/h2-9,15,21H,18H2,1H3. The third kappa shape index (κ3) is 2.61. The maximum absolute atomic E-state index is 11.4. The van der Waals surface area contributed by atoms with Gasteiger partial charge in [0.05, 0.1) is 23.5 Å². The summed E-state index contributed by atoms with van der Waals surface area (Å²) in [5.74, 6) is 0.515. The highest BCUT2D eigenvalue weighted by molar-refractivity contribution is 5.93. The third-order valence-corrected chi connectivity index (χ3v) is 3.88. The number of nitrogens with two attached hydrogens (primary N) is 1. The molecule has 1 heterocycles. The Labute approximate surface area is 137 Å². The van der Waals surface area contributed by atoms with Crippen LogP contribution in [0.4, 0.5) is 5.69 Å². The van der Waals surface area contributed by atoms with E-state index in [2.05, 4.69) is 4.98 Å². The molecular weight excluding hydrogens is 310 g/mol. The molecule has 1 atom stereocenters. The zero-order chi connectivity index (χ0) is 17.3. The highest BCUT2D eigenvalue weighted by atomic mass is 16.6. The second-order valence-electron chi connectivity index (χ2n) is 5.24. The van der Waals surface area contributed by atoms with Gasteiger partial charge in [-0.05, 0) is 29.8 Å². The van der Waals surface area contributed by atoms with Crippen LogP contribution in [-0.4, -0.2) is 22.1 Å². The van der Waals surface area contributed by atoms with Crippen molar-refractivity contribution in [1.29, 1.82) is 0 Å². The van der Waals surface area contributed by atoms with Gasteiger partial charge in [0, 0.05) is 17.8 Å². The van der Waals surface area contributed by atoms with Gasteiger partial charge in [-0.2, -0.15) is 0 Å². The van der Waals surface area contributed by atoms with Crippen LogP contribution in [0.15, 0.2) is 48.7 Å². The molecule has 0 saturated heterocycles. The van der Waals surface area contributed by atoms with Crippen LogP contribution in [0, 0.1) is 10.1 Å². The fourth-order valence-corrected chi connectivity index (χ4v) is 2.61. The van der Waals surface area contributed by atoms with E-state index < -0.39 is 11.0 Å². The van der Waals surface area contributed by atoms with E-state index in [1.165, 1.54) is 12.3 Å². The topological polar surface area (TPSA) is 112 Å². The fourth-order valence-electron chi connectivity index (χ4n) is 2.61. The molecule has 0 saturated carbocycles. The van der Waals surface area contributed by atoms with Gasteiger partial charge in [-0.15, -0.1) is 0 Å². The lowest BCUT2D eigenvalue weighted by Crippen LogP contribution is -2.12. The normalized spacial score (nSPS) is 12.1. The Balaban J connectivity index is 2.17. The molecule has 3 aromatic rings. The number of phenolic OH excluding ortho intramolecular Hbond substituents is 1. The van der Waals surface area contributed by atoms with Crippen LogP contribution in [0.25, 0.3) is 10.9 Å². The molecule has 0 aliphatic carbocycles. The number of aromatic nitrogens is 1. The number of nitro benzene ring substituents is 1. The molecule has 0 bridgehead atoms. The van der Waals surface area contributed by atoms with Crippen LogP contribution >= 0.6 is 0 Å². The summed E-state index contributed by atoms with van der Waals surface area (Å²) < 4.78 is 5.10. The summed E-state index contributed by atoms with van der Waals surface area (Å²) in [6.45, 7) is 0. The highest BCUT2D eigenvalue weighted by Crippen LogP contribution is 2.38. The molecule has 1 aromatic heterocycles. The van der Waals surface area contributed by atoms with Gasteiger partial charge in [0.1, 0.15) is 17.0 Å². The van der Waals surface area contributed by atoms with Gasteiger partial charge in [-0.3, -0.25) is 15.1 Å². The molecule has 1 unspecified atom stereocenters. The number of hydrogen-bond donors (Lipinski definition) is 2. The minimum Gasteiger partial charge on any atom is -0.505 e. The van der Waals surface area contributed by atoms with Crippen molar-refractivity contribution in [3.63, 3.8) is 0 Å². The van der Waals surface area contributed by atoms with Crippen molar-refractivity contribution in [3.05, 3.63) is 69.9 Å². The van der Waals surface area contributed by atoms with Gasteiger partial charge in [-0.25, -0.2) is 0 Å². The number of fused-ring (bicyclic) bond motifs is 1. The smallest absolute Gasteiger partial charge is 0.279 e. The molecule has 0 radical (unpaired) electrons. The van der Waals surface area contributed by atoms with Crippen molar-refractivity contribution >= 4 is 16.6 Å². The second kappa shape index (κ2) is 6.13. The molecule has 0 spiro atoms. The summed E-state index contributed by atoms with van der Waals surface area (Å²) in [4.78, 5) is 14.9. The fraction of sp³-hybridized carbons (Fsp3) is 0.118. The molecule has 0 aliphatic rings. The Morgan fingerprint density at radius 1 is 1.29 bits per heavy atom. The summed E-state index contributed by atoms with van der Waals surface area (Å²) in [7, 11) is 1.55. The van der Waals surface area contributed by atoms with E-state index in [0.717, 1.165) is 0 Å². The minimum atomic E-state index is -0.735. The predicted molar refractivity (Wildman–Crippen MR) is 89.1 cm³/mol. The molecule has 3 N–H and O–H groups in total. The molecule has 0 fully saturated rings. The van der Waals surface area contributed by atoms with Gasteiger partial charge in [0.2, 0.25) is 0 Å². The Hall–Kier alpha value is -3.19. The summed E-state index contributed by atoms with van der Waals surface area (Å²) in [5.41, 5.74) is 7.17. The summed E-state index contributed by atoms with van der Waals surface area (Å²) in [6, 6.07) is 10.7. The Bertz CT molecular complexity index is 910. The number of benzene rings is 2. The Morgan fingerprint density at radius 2 is 2.00 bits per heavy atom. The maximum Gasteiger partial charge on any atom is 0.279 e. The van der Waals surface area contributed by atoms with E-state index in [1.807, 2.05) is 0 Å². The lowest BCUT2D eigenvalue weighted by Gasteiger charge is -2.16. The first-order valence-corrected chi connectivity index (χ1v) is 7.17. The average Bonchev–Trinajstić information content (AvgIpc) is 2.61. The molecule has 2 aromatic carbocycles. The molecule has 0 amide bonds. The summed E-state index contributed by atoms with van der Waals surface area (Å²) in [6.07, 6.45) is 1.47. The number of hydrogen-bond acceptors (Lipinski definition) is 6.